The quantitative estimate of drug-likeness (QED) is 0.678. The largest absolute Gasteiger partial charge is 0.448 e. The maximum absolute atomic E-state index is 13.0. The maximum Gasteiger partial charge on any atom is 0.255 e. The Morgan fingerprint density at radius 2 is 1.69 bits per heavy atom. The summed E-state index contributed by atoms with van der Waals surface area (Å²) in [6.45, 7) is 6.11. The summed E-state index contributed by atoms with van der Waals surface area (Å²) >= 11 is 0. The number of benzene rings is 2. The van der Waals surface area contributed by atoms with Gasteiger partial charge in [-0.2, -0.15) is 4.31 Å². The molecule has 0 unspecified atom stereocenters. The molecule has 1 N–H and O–H groups in total. The van der Waals surface area contributed by atoms with Gasteiger partial charge in [-0.25, -0.2) is 8.42 Å². The number of nitrogens with one attached hydrogen (secondary N) is 1. The number of nitrogens with zero attached hydrogens (tertiary/aromatic N) is 1. The highest BCUT2D eigenvalue weighted by Gasteiger charge is 2.42. The summed E-state index contributed by atoms with van der Waals surface area (Å²) in [5.41, 5.74) is 1.59. The summed E-state index contributed by atoms with van der Waals surface area (Å²) in [4.78, 5) is 13.1. The van der Waals surface area contributed by atoms with Crippen molar-refractivity contribution in [3.63, 3.8) is 0 Å². The fourth-order valence-corrected chi connectivity index (χ4v) is 5.87. The smallest absolute Gasteiger partial charge is 0.255 e. The number of hydrogen-bond donors (Lipinski definition) is 1. The van der Waals surface area contributed by atoms with Crippen LogP contribution in [-0.2, 0) is 10.0 Å². The van der Waals surface area contributed by atoms with Gasteiger partial charge in [-0.15, -0.1) is 0 Å². The Kier molecular flexibility index (Phi) is 6.18. The highest BCUT2D eigenvalue weighted by atomic mass is 32.2. The van der Waals surface area contributed by atoms with Crippen molar-refractivity contribution in [2.75, 3.05) is 18.4 Å². The Bertz CT molecular complexity index is 1120. The molecule has 1 fully saturated rings. The Labute approximate surface area is 189 Å². The number of anilines is 1. The van der Waals surface area contributed by atoms with E-state index in [9.17, 15) is 13.2 Å². The minimum absolute atomic E-state index is 0.113. The van der Waals surface area contributed by atoms with E-state index in [2.05, 4.69) is 5.32 Å². The molecule has 0 aromatic heterocycles. The number of hydrogen-bond acceptors (Lipinski definition) is 5. The first-order valence-electron chi connectivity index (χ1n) is 11.2. The predicted molar refractivity (Wildman–Crippen MR) is 123 cm³/mol. The SMILES string of the molecule is CCN(CC)S(=O)(=O)c1ccc(C)c(C(=O)Nc2ccc3c(c2)OC2(CCCCC2)O3)c1. The van der Waals surface area contributed by atoms with Crippen LogP contribution in [0.5, 0.6) is 11.5 Å². The summed E-state index contributed by atoms with van der Waals surface area (Å²) < 4.78 is 39.4. The van der Waals surface area contributed by atoms with Crippen molar-refractivity contribution in [3.05, 3.63) is 47.5 Å². The first-order chi connectivity index (χ1) is 15.3. The van der Waals surface area contributed by atoms with E-state index < -0.39 is 15.8 Å². The first-order valence-corrected chi connectivity index (χ1v) is 12.7. The second kappa shape index (κ2) is 8.75. The van der Waals surface area contributed by atoms with E-state index >= 15 is 0 Å². The molecular formula is C24H30N2O5S. The molecule has 32 heavy (non-hydrogen) atoms. The molecule has 8 heteroatoms. The second-order valence-electron chi connectivity index (χ2n) is 8.36. The molecule has 1 amide bonds. The van der Waals surface area contributed by atoms with Crippen LogP contribution in [-0.4, -0.2) is 37.5 Å². The molecule has 2 aliphatic rings. The summed E-state index contributed by atoms with van der Waals surface area (Å²) in [5, 5.41) is 2.87. The van der Waals surface area contributed by atoms with Crippen LogP contribution in [0.3, 0.4) is 0 Å². The molecule has 1 saturated carbocycles. The molecule has 4 rings (SSSR count). The van der Waals surface area contributed by atoms with Gasteiger partial charge in [0.1, 0.15) is 0 Å². The van der Waals surface area contributed by atoms with Gasteiger partial charge in [-0.1, -0.05) is 26.3 Å². The Morgan fingerprint density at radius 3 is 2.38 bits per heavy atom. The van der Waals surface area contributed by atoms with Gasteiger partial charge in [-0.3, -0.25) is 4.79 Å². The van der Waals surface area contributed by atoms with Crippen molar-refractivity contribution < 1.29 is 22.7 Å². The number of ether oxygens (including phenoxy) is 2. The molecule has 2 aromatic carbocycles. The normalized spacial score (nSPS) is 17.0. The lowest BCUT2D eigenvalue weighted by Gasteiger charge is -2.31. The van der Waals surface area contributed by atoms with Crippen molar-refractivity contribution >= 4 is 21.6 Å². The Morgan fingerprint density at radius 1 is 1.00 bits per heavy atom. The molecule has 1 aliphatic carbocycles. The van der Waals surface area contributed by atoms with E-state index in [0.717, 1.165) is 25.7 Å². The maximum atomic E-state index is 13.0. The van der Waals surface area contributed by atoms with Crippen molar-refractivity contribution in [1.29, 1.82) is 0 Å². The highest BCUT2D eigenvalue weighted by Crippen LogP contribution is 2.46. The number of rotatable bonds is 6. The summed E-state index contributed by atoms with van der Waals surface area (Å²) in [5.74, 6) is 0.366. The predicted octanol–water partition coefficient (Wildman–Crippen LogP) is 4.71. The van der Waals surface area contributed by atoms with Crippen molar-refractivity contribution in [3.8, 4) is 11.5 Å². The zero-order valence-corrected chi connectivity index (χ0v) is 19.6. The van der Waals surface area contributed by atoms with Crippen molar-refractivity contribution in [2.24, 2.45) is 0 Å². The van der Waals surface area contributed by atoms with Crippen LogP contribution in [0.2, 0.25) is 0 Å². The van der Waals surface area contributed by atoms with E-state index in [1.807, 2.05) is 6.07 Å². The Balaban J connectivity index is 1.55. The molecule has 7 nitrogen and oxygen atoms in total. The van der Waals surface area contributed by atoms with Crippen LogP contribution in [0.1, 0.15) is 61.9 Å². The molecule has 2 aromatic rings. The van der Waals surface area contributed by atoms with Gasteiger partial charge >= 0.3 is 0 Å². The zero-order chi connectivity index (χ0) is 22.9. The van der Waals surface area contributed by atoms with Crippen LogP contribution >= 0.6 is 0 Å². The molecule has 0 radical (unpaired) electrons. The lowest BCUT2D eigenvalue weighted by molar-refractivity contribution is -0.105. The average molecular weight is 459 g/mol. The highest BCUT2D eigenvalue weighted by molar-refractivity contribution is 7.89. The molecule has 172 valence electrons. The van der Waals surface area contributed by atoms with Gasteiger partial charge in [-0.05, 0) is 49.6 Å². The molecule has 1 aliphatic heterocycles. The van der Waals surface area contributed by atoms with E-state index in [-0.39, 0.29) is 10.8 Å². The minimum atomic E-state index is -3.65. The van der Waals surface area contributed by atoms with Gasteiger partial charge < -0.3 is 14.8 Å². The van der Waals surface area contributed by atoms with Crippen LogP contribution in [0.4, 0.5) is 5.69 Å². The second-order valence-corrected chi connectivity index (χ2v) is 10.3. The Hall–Kier alpha value is -2.58. The lowest BCUT2D eigenvalue weighted by Crippen LogP contribution is -2.40. The minimum Gasteiger partial charge on any atom is -0.448 e. The standard InChI is InChI=1S/C24H30N2O5S/c1-4-26(5-2)32(28,29)19-11-9-17(3)20(16-19)23(27)25-18-10-12-21-22(15-18)31-24(30-21)13-7-6-8-14-24/h9-12,15-16H,4-8,13-14H2,1-3H3,(H,25,27). The summed E-state index contributed by atoms with van der Waals surface area (Å²) in [6, 6.07) is 10.0. The van der Waals surface area contributed by atoms with Crippen LogP contribution in [0, 0.1) is 6.92 Å². The number of aryl methyl sites for hydroxylation is 1. The van der Waals surface area contributed by atoms with Crippen LogP contribution in [0.25, 0.3) is 0 Å². The number of fused-ring (bicyclic) bond motifs is 1. The van der Waals surface area contributed by atoms with E-state index in [1.165, 1.54) is 16.8 Å². The zero-order valence-electron chi connectivity index (χ0n) is 18.8. The summed E-state index contributed by atoms with van der Waals surface area (Å²) in [7, 11) is -3.65. The molecule has 0 atom stereocenters. The van der Waals surface area contributed by atoms with Crippen LogP contribution in [0.15, 0.2) is 41.3 Å². The monoisotopic (exact) mass is 458 g/mol. The van der Waals surface area contributed by atoms with Gasteiger partial charge in [0.05, 0.1) is 4.90 Å². The number of carbonyl (C=O) groups is 1. The molecule has 0 bridgehead atoms. The number of sulfonamides is 1. The van der Waals surface area contributed by atoms with Gasteiger partial charge in [0.15, 0.2) is 11.5 Å². The fourth-order valence-electron chi connectivity index (χ4n) is 4.38. The van der Waals surface area contributed by atoms with E-state index in [1.54, 1.807) is 45.0 Å². The third-order valence-corrected chi connectivity index (χ3v) is 8.25. The van der Waals surface area contributed by atoms with E-state index in [4.69, 9.17) is 9.47 Å². The first kappa shape index (κ1) is 22.6. The van der Waals surface area contributed by atoms with Gasteiger partial charge in [0.2, 0.25) is 10.0 Å². The lowest BCUT2D eigenvalue weighted by atomic mass is 9.94. The molecule has 1 spiro atoms. The van der Waals surface area contributed by atoms with Crippen molar-refractivity contribution in [2.45, 2.75) is 63.6 Å². The average Bonchev–Trinajstić information content (AvgIpc) is 3.11. The number of carbonyl (C=O) groups excluding carboxylic acids is 1. The summed E-state index contributed by atoms with van der Waals surface area (Å²) in [6.07, 6.45) is 5.05. The van der Waals surface area contributed by atoms with Crippen LogP contribution < -0.4 is 14.8 Å². The third-order valence-electron chi connectivity index (χ3n) is 6.21. The topological polar surface area (TPSA) is 84.9 Å². The number of amides is 1. The van der Waals surface area contributed by atoms with E-state index in [0.29, 0.717) is 41.4 Å². The fraction of sp³-hybridized carbons (Fsp3) is 0.458. The van der Waals surface area contributed by atoms with Gasteiger partial charge in [0.25, 0.3) is 11.7 Å². The molecular weight excluding hydrogens is 428 g/mol. The molecule has 0 saturated heterocycles. The third kappa shape index (κ3) is 4.21. The van der Waals surface area contributed by atoms with Crippen molar-refractivity contribution in [1.82, 2.24) is 4.31 Å². The van der Waals surface area contributed by atoms with Gasteiger partial charge in [0, 0.05) is 43.2 Å². The molecule has 1 heterocycles.